The smallest absolute Gasteiger partial charge is 0.295 e. The molecule has 3 aromatic carbocycles. The molecule has 0 spiro atoms. The molecule has 1 saturated heterocycles. The summed E-state index contributed by atoms with van der Waals surface area (Å²) in [7, 11) is 4.44. The minimum absolute atomic E-state index is 0.0521. The third-order valence-corrected chi connectivity index (χ3v) is 6.58. The average molecular weight is 508 g/mol. The van der Waals surface area contributed by atoms with Gasteiger partial charge in [0.25, 0.3) is 11.7 Å². The van der Waals surface area contributed by atoms with Crippen molar-refractivity contribution < 1.29 is 28.9 Å². The van der Waals surface area contributed by atoms with Gasteiger partial charge < -0.3 is 24.2 Å². The normalized spacial score (nSPS) is 16.8. The summed E-state index contributed by atoms with van der Waals surface area (Å²) >= 11 is 6.33. The van der Waals surface area contributed by atoms with Crippen molar-refractivity contribution in [3.63, 3.8) is 0 Å². The minimum Gasteiger partial charge on any atom is -0.507 e. The number of amides is 1. The number of benzene rings is 3. The second-order valence-electron chi connectivity index (χ2n) is 8.28. The van der Waals surface area contributed by atoms with E-state index in [4.69, 9.17) is 25.8 Å². The van der Waals surface area contributed by atoms with E-state index in [1.165, 1.54) is 31.3 Å². The number of rotatable bonds is 7. The lowest BCUT2D eigenvalue weighted by molar-refractivity contribution is -0.140. The van der Waals surface area contributed by atoms with E-state index in [2.05, 4.69) is 0 Å². The van der Waals surface area contributed by atoms with Crippen LogP contribution < -0.4 is 14.2 Å². The Morgan fingerprint density at radius 1 is 0.917 bits per heavy atom. The van der Waals surface area contributed by atoms with Crippen molar-refractivity contribution in [2.24, 2.45) is 0 Å². The Morgan fingerprint density at radius 3 is 2.22 bits per heavy atom. The van der Waals surface area contributed by atoms with Crippen molar-refractivity contribution in [3.05, 3.63) is 93.5 Å². The van der Waals surface area contributed by atoms with Gasteiger partial charge in [-0.15, -0.1) is 0 Å². The zero-order valence-corrected chi connectivity index (χ0v) is 21.1. The summed E-state index contributed by atoms with van der Waals surface area (Å²) in [6.07, 6.45) is 0. The van der Waals surface area contributed by atoms with E-state index in [1.54, 1.807) is 13.2 Å². The molecule has 1 N–H and O–H groups in total. The molecule has 1 fully saturated rings. The predicted molar refractivity (Wildman–Crippen MR) is 137 cm³/mol. The molecule has 0 bridgehead atoms. The number of aliphatic hydroxyl groups is 1. The Kier molecular flexibility index (Phi) is 7.22. The van der Waals surface area contributed by atoms with Gasteiger partial charge >= 0.3 is 0 Å². The molecular weight excluding hydrogens is 482 g/mol. The molecule has 8 heteroatoms. The summed E-state index contributed by atoms with van der Waals surface area (Å²) in [6.45, 7) is 1.99. The highest BCUT2D eigenvalue weighted by Crippen LogP contribution is 2.44. The standard InChI is InChI=1S/C28H26ClNO6/c1-16-9-5-7-11-18(16)25-24(26(31)19-13-20(29)23(36-4)14-22(19)35-3)27(32)28(33)30(25)15-17-10-6-8-12-21(17)34-2/h5-14,25,31H,15H2,1-4H3/b26-24+. The van der Waals surface area contributed by atoms with E-state index in [-0.39, 0.29) is 34.2 Å². The lowest BCUT2D eigenvalue weighted by Gasteiger charge is -2.27. The van der Waals surface area contributed by atoms with Crippen LogP contribution in [0, 0.1) is 6.92 Å². The van der Waals surface area contributed by atoms with Gasteiger partial charge in [0.05, 0.1) is 50.1 Å². The van der Waals surface area contributed by atoms with E-state index in [0.29, 0.717) is 17.1 Å². The molecule has 186 valence electrons. The summed E-state index contributed by atoms with van der Waals surface area (Å²) < 4.78 is 16.2. The van der Waals surface area contributed by atoms with Crippen molar-refractivity contribution in [2.45, 2.75) is 19.5 Å². The number of methoxy groups -OCH3 is 3. The molecule has 0 aliphatic carbocycles. The molecular formula is C28H26ClNO6. The quantitative estimate of drug-likeness (QED) is 0.265. The molecule has 1 amide bonds. The fraction of sp³-hybridized carbons (Fsp3) is 0.214. The van der Waals surface area contributed by atoms with Gasteiger partial charge in [-0.05, 0) is 30.2 Å². The first-order valence-corrected chi connectivity index (χ1v) is 11.6. The fourth-order valence-electron chi connectivity index (χ4n) is 4.47. The van der Waals surface area contributed by atoms with Gasteiger partial charge in [-0.1, -0.05) is 54.1 Å². The maximum Gasteiger partial charge on any atom is 0.295 e. The summed E-state index contributed by atoms with van der Waals surface area (Å²) in [5.74, 6) is -0.735. The second kappa shape index (κ2) is 10.3. The predicted octanol–water partition coefficient (Wildman–Crippen LogP) is 5.30. The Balaban J connectivity index is 1.94. The van der Waals surface area contributed by atoms with Gasteiger partial charge in [-0.3, -0.25) is 9.59 Å². The van der Waals surface area contributed by atoms with Crippen LogP contribution in [0.5, 0.6) is 17.2 Å². The van der Waals surface area contributed by atoms with Gasteiger partial charge in [0.2, 0.25) is 0 Å². The molecule has 7 nitrogen and oxygen atoms in total. The Hall–Kier alpha value is -3.97. The number of hydrogen-bond donors (Lipinski definition) is 1. The van der Waals surface area contributed by atoms with Crippen molar-refractivity contribution in [1.29, 1.82) is 0 Å². The zero-order chi connectivity index (χ0) is 26.0. The first kappa shape index (κ1) is 25.1. The number of aryl methyl sites for hydroxylation is 1. The van der Waals surface area contributed by atoms with Crippen molar-refractivity contribution in [3.8, 4) is 17.2 Å². The molecule has 1 unspecified atom stereocenters. The van der Waals surface area contributed by atoms with Gasteiger partial charge in [0.15, 0.2) is 0 Å². The lowest BCUT2D eigenvalue weighted by Crippen LogP contribution is -2.29. The molecule has 0 aromatic heterocycles. The highest BCUT2D eigenvalue weighted by atomic mass is 35.5. The Morgan fingerprint density at radius 2 is 1.56 bits per heavy atom. The molecule has 3 aromatic rings. The van der Waals surface area contributed by atoms with Crippen molar-refractivity contribution >= 4 is 29.1 Å². The molecule has 36 heavy (non-hydrogen) atoms. The number of carbonyl (C=O) groups is 2. The van der Waals surface area contributed by atoms with E-state index >= 15 is 0 Å². The van der Waals surface area contributed by atoms with Crippen LogP contribution in [0.15, 0.2) is 66.2 Å². The number of ether oxygens (including phenoxy) is 3. The van der Waals surface area contributed by atoms with Crippen LogP contribution in [-0.4, -0.2) is 43.0 Å². The van der Waals surface area contributed by atoms with E-state index in [0.717, 1.165) is 11.1 Å². The largest absolute Gasteiger partial charge is 0.507 e. The first-order valence-electron chi connectivity index (χ1n) is 11.2. The minimum atomic E-state index is -0.846. The van der Waals surface area contributed by atoms with E-state index in [1.807, 2.05) is 49.4 Å². The van der Waals surface area contributed by atoms with Gasteiger partial charge in [0.1, 0.15) is 23.0 Å². The number of likely N-dealkylation sites (tertiary alicyclic amines) is 1. The summed E-state index contributed by atoms with van der Waals surface area (Å²) in [5.41, 5.74) is 2.43. The summed E-state index contributed by atoms with van der Waals surface area (Å²) in [4.78, 5) is 28.3. The fourth-order valence-corrected chi connectivity index (χ4v) is 4.71. The molecule has 1 heterocycles. The van der Waals surface area contributed by atoms with Crippen LogP contribution in [0.1, 0.15) is 28.3 Å². The molecule has 1 aliphatic rings. The topological polar surface area (TPSA) is 85.3 Å². The Bertz CT molecular complexity index is 1370. The first-order chi connectivity index (χ1) is 17.3. The number of halogens is 1. The third-order valence-electron chi connectivity index (χ3n) is 6.29. The number of hydrogen-bond acceptors (Lipinski definition) is 6. The lowest BCUT2D eigenvalue weighted by atomic mass is 9.92. The number of carbonyl (C=O) groups excluding carboxylic acids is 2. The SMILES string of the molecule is COc1cc(OC)c(/C(O)=C2\C(=O)C(=O)N(Cc3ccccc3OC)C2c2ccccc2C)cc1Cl. The second-order valence-corrected chi connectivity index (χ2v) is 8.69. The van der Waals surface area contributed by atoms with Gasteiger partial charge in [0, 0.05) is 11.6 Å². The molecule has 4 rings (SSSR count). The molecule has 0 saturated carbocycles. The molecule has 1 aliphatic heterocycles. The summed E-state index contributed by atoms with van der Waals surface area (Å²) in [5, 5.41) is 11.7. The average Bonchev–Trinajstić information content (AvgIpc) is 3.13. The van der Waals surface area contributed by atoms with Crippen LogP contribution in [0.25, 0.3) is 5.76 Å². The van der Waals surface area contributed by atoms with Crippen LogP contribution in [0.4, 0.5) is 0 Å². The number of nitrogens with zero attached hydrogens (tertiary/aromatic N) is 1. The van der Waals surface area contributed by atoms with E-state index < -0.39 is 17.7 Å². The number of aliphatic hydroxyl groups excluding tert-OH is 1. The molecule has 0 radical (unpaired) electrons. The monoisotopic (exact) mass is 507 g/mol. The number of ketones is 1. The van der Waals surface area contributed by atoms with E-state index in [9.17, 15) is 14.7 Å². The van der Waals surface area contributed by atoms with Crippen LogP contribution >= 0.6 is 11.6 Å². The number of Topliss-reactive ketones (excluding diaryl/α,β-unsaturated/α-hetero) is 1. The van der Waals surface area contributed by atoms with Crippen LogP contribution in [-0.2, 0) is 16.1 Å². The number of para-hydroxylation sites is 1. The highest BCUT2D eigenvalue weighted by Gasteiger charge is 2.47. The Labute approximate surface area is 214 Å². The van der Waals surface area contributed by atoms with Gasteiger partial charge in [-0.2, -0.15) is 0 Å². The summed E-state index contributed by atoms with van der Waals surface area (Å²) in [6, 6.07) is 16.8. The third kappa shape index (κ3) is 4.38. The maximum absolute atomic E-state index is 13.4. The van der Waals surface area contributed by atoms with Crippen molar-refractivity contribution in [2.75, 3.05) is 21.3 Å². The van der Waals surface area contributed by atoms with Crippen molar-refractivity contribution in [1.82, 2.24) is 4.90 Å². The highest BCUT2D eigenvalue weighted by molar-refractivity contribution is 6.46. The van der Waals surface area contributed by atoms with Gasteiger partial charge in [-0.25, -0.2) is 0 Å². The van der Waals surface area contributed by atoms with Crippen LogP contribution in [0.3, 0.4) is 0 Å². The maximum atomic E-state index is 13.4. The molecule has 1 atom stereocenters. The zero-order valence-electron chi connectivity index (χ0n) is 20.4. The van der Waals surface area contributed by atoms with Crippen LogP contribution in [0.2, 0.25) is 5.02 Å².